The first-order valence-corrected chi connectivity index (χ1v) is 4.87. The summed E-state index contributed by atoms with van der Waals surface area (Å²) in [4.78, 5) is 0. The second kappa shape index (κ2) is 4.24. The number of oxime groups is 1. The van der Waals surface area contributed by atoms with Gasteiger partial charge in [-0.15, -0.1) is 0 Å². The van der Waals surface area contributed by atoms with E-state index in [1.807, 2.05) is 6.07 Å². The van der Waals surface area contributed by atoms with Crippen LogP contribution in [-0.2, 0) is 0 Å². The predicted octanol–water partition coefficient (Wildman–Crippen LogP) is 1.62. The third kappa shape index (κ3) is 1.85. The van der Waals surface area contributed by atoms with E-state index in [0.717, 1.165) is 5.69 Å². The van der Waals surface area contributed by atoms with Crippen LogP contribution in [0.3, 0.4) is 0 Å². The van der Waals surface area contributed by atoms with Crippen LogP contribution in [0.5, 0.6) is 0 Å². The van der Waals surface area contributed by atoms with E-state index in [1.54, 1.807) is 35.3 Å². The zero-order valence-corrected chi connectivity index (χ0v) is 8.96. The third-order valence-corrected chi connectivity index (χ3v) is 2.42. The van der Waals surface area contributed by atoms with Crippen molar-refractivity contribution in [2.45, 2.75) is 0 Å². The molecule has 0 aliphatic carbocycles. The molecule has 0 saturated heterocycles. The summed E-state index contributed by atoms with van der Waals surface area (Å²) < 4.78 is 1.67. The summed E-state index contributed by atoms with van der Waals surface area (Å²) in [5, 5.41) is 15.9. The fourth-order valence-electron chi connectivity index (χ4n) is 1.33. The monoisotopic (exact) mass is 236 g/mol. The maximum Gasteiger partial charge on any atom is 0.171 e. The summed E-state index contributed by atoms with van der Waals surface area (Å²) >= 11 is 6.01. The Hall–Kier alpha value is -2.01. The minimum absolute atomic E-state index is 0.0167. The van der Waals surface area contributed by atoms with Crippen LogP contribution in [0, 0.1) is 0 Å². The minimum Gasteiger partial charge on any atom is -0.409 e. The van der Waals surface area contributed by atoms with E-state index in [-0.39, 0.29) is 5.84 Å². The Bertz CT molecular complexity index is 522. The van der Waals surface area contributed by atoms with Crippen molar-refractivity contribution < 1.29 is 5.21 Å². The highest BCUT2D eigenvalue weighted by atomic mass is 35.5. The Balaban J connectivity index is 2.45. The van der Waals surface area contributed by atoms with Crippen molar-refractivity contribution >= 4 is 17.4 Å². The molecule has 0 spiro atoms. The lowest BCUT2D eigenvalue weighted by Crippen LogP contribution is -2.13. The number of benzene rings is 1. The number of halogens is 1. The van der Waals surface area contributed by atoms with Crippen LogP contribution in [0.4, 0.5) is 0 Å². The van der Waals surface area contributed by atoms with Crippen LogP contribution in [0.1, 0.15) is 5.56 Å². The number of hydrogen-bond acceptors (Lipinski definition) is 3. The van der Waals surface area contributed by atoms with Gasteiger partial charge < -0.3 is 10.9 Å². The standard InChI is InChI=1S/C10H9ClN4O/c11-9-6-7(15-5-1-4-13-15)2-3-8(9)10(12)14-16/h1-6,16H,(H2,12,14). The Kier molecular flexibility index (Phi) is 2.78. The molecule has 0 radical (unpaired) electrons. The highest BCUT2D eigenvalue weighted by molar-refractivity contribution is 6.34. The Labute approximate surface area is 96.7 Å². The van der Waals surface area contributed by atoms with E-state index in [1.165, 1.54) is 0 Å². The van der Waals surface area contributed by atoms with Crippen LogP contribution in [0.25, 0.3) is 5.69 Å². The molecule has 0 atom stereocenters. The van der Waals surface area contributed by atoms with Crippen molar-refractivity contribution in [2.24, 2.45) is 10.9 Å². The number of hydrogen-bond donors (Lipinski definition) is 2. The third-order valence-electron chi connectivity index (χ3n) is 2.11. The first kappa shape index (κ1) is 10.5. The van der Waals surface area contributed by atoms with Gasteiger partial charge in [0.05, 0.1) is 10.7 Å². The summed E-state index contributed by atoms with van der Waals surface area (Å²) in [5.74, 6) is -0.0167. The average molecular weight is 237 g/mol. The number of amidine groups is 1. The van der Waals surface area contributed by atoms with Crippen molar-refractivity contribution in [3.8, 4) is 5.69 Å². The highest BCUT2D eigenvalue weighted by Crippen LogP contribution is 2.19. The van der Waals surface area contributed by atoms with Crippen molar-refractivity contribution in [1.82, 2.24) is 9.78 Å². The SMILES string of the molecule is NC(=NO)c1ccc(-n2cccn2)cc1Cl. The second-order valence-electron chi connectivity index (χ2n) is 3.10. The molecule has 0 bridgehead atoms. The van der Waals surface area contributed by atoms with Gasteiger partial charge in [-0.3, -0.25) is 0 Å². The van der Waals surface area contributed by atoms with E-state index in [2.05, 4.69) is 10.3 Å². The van der Waals surface area contributed by atoms with Crippen molar-refractivity contribution in [2.75, 3.05) is 0 Å². The van der Waals surface area contributed by atoms with Crippen LogP contribution >= 0.6 is 11.6 Å². The van der Waals surface area contributed by atoms with Gasteiger partial charge in [0, 0.05) is 18.0 Å². The van der Waals surface area contributed by atoms with E-state index in [9.17, 15) is 0 Å². The molecule has 5 nitrogen and oxygen atoms in total. The van der Waals surface area contributed by atoms with Crippen molar-refractivity contribution in [3.05, 3.63) is 47.2 Å². The van der Waals surface area contributed by atoms with E-state index in [0.29, 0.717) is 10.6 Å². The Morgan fingerprint density at radius 1 is 1.50 bits per heavy atom. The van der Waals surface area contributed by atoms with Crippen LogP contribution in [0.15, 0.2) is 41.8 Å². The number of rotatable bonds is 2. The molecule has 1 heterocycles. The number of nitrogens with zero attached hydrogens (tertiary/aromatic N) is 3. The lowest BCUT2D eigenvalue weighted by Gasteiger charge is -2.05. The minimum atomic E-state index is -0.0167. The zero-order valence-electron chi connectivity index (χ0n) is 8.21. The zero-order chi connectivity index (χ0) is 11.5. The van der Waals surface area contributed by atoms with Gasteiger partial charge in [-0.1, -0.05) is 16.8 Å². The topological polar surface area (TPSA) is 76.4 Å². The van der Waals surface area contributed by atoms with E-state index in [4.69, 9.17) is 22.5 Å². The lowest BCUT2D eigenvalue weighted by atomic mass is 10.2. The van der Waals surface area contributed by atoms with Crippen molar-refractivity contribution in [3.63, 3.8) is 0 Å². The van der Waals surface area contributed by atoms with Gasteiger partial charge in [-0.05, 0) is 24.3 Å². The normalized spacial score (nSPS) is 11.7. The number of nitrogens with two attached hydrogens (primary N) is 1. The fourth-order valence-corrected chi connectivity index (χ4v) is 1.60. The largest absolute Gasteiger partial charge is 0.409 e. The van der Waals surface area contributed by atoms with Gasteiger partial charge in [0.25, 0.3) is 0 Å². The number of aromatic nitrogens is 2. The highest BCUT2D eigenvalue weighted by Gasteiger charge is 2.07. The molecule has 0 unspecified atom stereocenters. The van der Waals surface area contributed by atoms with Gasteiger partial charge >= 0.3 is 0 Å². The van der Waals surface area contributed by atoms with Crippen LogP contribution in [0.2, 0.25) is 5.02 Å². The summed E-state index contributed by atoms with van der Waals surface area (Å²) in [6, 6.07) is 6.97. The summed E-state index contributed by atoms with van der Waals surface area (Å²) in [6.07, 6.45) is 3.47. The van der Waals surface area contributed by atoms with Gasteiger partial charge in [0.1, 0.15) is 0 Å². The summed E-state index contributed by atoms with van der Waals surface area (Å²) in [7, 11) is 0. The summed E-state index contributed by atoms with van der Waals surface area (Å²) in [6.45, 7) is 0. The molecule has 3 N–H and O–H groups in total. The molecule has 1 aromatic carbocycles. The molecule has 82 valence electrons. The molecule has 0 saturated carbocycles. The molecular weight excluding hydrogens is 228 g/mol. The smallest absolute Gasteiger partial charge is 0.171 e. The van der Waals surface area contributed by atoms with Crippen LogP contribution in [-0.4, -0.2) is 20.8 Å². The Morgan fingerprint density at radius 2 is 2.31 bits per heavy atom. The molecule has 1 aromatic heterocycles. The van der Waals surface area contributed by atoms with Gasteiger partial charge in [-0.25, -0.2) is 4.68 Å². The second-order valence-corrected chi connectivity index (χ2v) is 3.51. The fraction of sp³-hybridized carbons (Fsp3) is 0. The van der Waals surface area contributed by atoms with Crippen molar-refractivity contribution in [1.29, 1.82) is 0 Å². The van der Waals surface area contributed by atoms with Gasteiger partial charge in [0.2, 0.25) is 0 Å². The molecule has 0 aliphatic rings. The first-order valence-electron chi connectivity index (χ1n) is 4.50. The molecular formula is C10H9ClN4O. The van der Waals surface area contributed by atoms with E-state index >= 15 is 0 Å². The predicted molar refractivity (Wildman–Crippen MR) is 61.1 cm³/mol. The Morgan fingerprint density at radius 3 is 2.88 bits per heavy atom. The molecule has 2 aromatic rings. The molecule has 6 heteroatoms. The molecule has 2 rings (SSSR count). The lowest BCUT2D eigenvalue weighted by molar-refractivity contribution is 0.318. The summed E-state index contributed by atoms with van der Waals surface area (Å²) in [5.41, 5.74) is 6.75. The van der Waals surface area contributed by atoms with Crippen LogP contribution < -0.4 is 5.73 Å². The average Bonchev–Trinajstić information content (AvgIpc) is 2.81. The van der Waals surface area contributed by atoms with Gasteiger partial charge in [-0.2, -0.15) is 5.10 Å². The maximum absolute atomic E-state index is 8.55. The molecule has 16 heavy (non-hydrogen) atoms. The molecule has 0 aliphatic heterocycles. The molecule has 0 fully saturated rings. The first-order chi connectivity index (χ1) is 7.72. The van der Waals surface area contributed by atoms with E-state index < -0.39 is 0 Å². The van der Waals surface area contributed by atoms with Gasteiger partial charge in [0.15, 0.2) is 5.84 Å². The molecule has 0 amide bonds. The maximum atomic E-state index is 8.55. The quantitative estimate of drug-likeness (QED) is 0.360.